The normalized spacial score (nSPS) is 17.6. The lowest BCUT2D eigenvalue weighted by Crippen LogP contribution is -2.33. The summed E-state index contributed by atoms with van der Waals surface area (Å²) in [6.45, 7) is 0. The number of carbonyl (C=O) groups is 1. The molecule has 0 heterocycles. The quantitative estimate of drug-likeness (QED) is 0.694. The summed E-state index contributed by atoms with van der Waals surface area (Å²) in [6, 6.07) is 10.1. The lowest BCUT2D eigenvalue weighted by atomic mass is 9.95. The van der Waals surface area contributed by atoms with Crippen LogP contribution in [0.4, 0.5) is 0 Å². The Hall–Kier alpha value is -1.31. The zero-order valence-electron chi connectivity index (χ0n) is 8.66. The summed E-state index contributed by atoms with van der Waals surface area (Å²) in [5.41, 5.74) is 0.976. The molecule has 0 aromatic heterocycles. The van der Waals surface area contributed by atoms with Crippen molar-refractivity contribution in [3.63, 3.8) is 0 Å². The molecule has 0 radical (unpaired) electrons. The van der Waals surface area contributed by atoms with Gasteiger partial charge in [0.1, 0.15) is 0 Å². The molecular weight excluding hydrogens is 174 g/mol. The molecule has 1 amide bonds. The van der Waals surface area contributed by atoms with E-state index < -0.39 is 0 Å². The Balaban J connectivity index is 2.30. The molecule has 2 heteroatoms. The number of benzene rings is 1. The van der Waals surface area contributed by atoms with Crippen LogP contribution in [-0.2, 0) is 10.2 Å². The standard InChI is InChI=1S/C12H15NO/c1-13(2)11(14)12(8-9-12)10-6-4-3-5-7-10/h3-7H,8-9H2,1-2H3. The fourth-order valence-electron chi connectivity index (χ4n) is 1.94. The topological polar surface area (TPSA) is 20.3 Å². The van der Waals surface area contributed by atoms with Crippen molar-refractivity contribution >= 4 is 5.91 Å². The van der Waals surface area contributed by atoms with Crippen LogP contribution in [0.2, 0.25) is 0 Å². The van der Waals surface area contributed by atoms with E-state index in [9.17, 15) is 4.79 Å². The van der Waals surface area contributed by atoms with Gasteiger partial charge >= 0.3 is 0 Å². The minimum absolute atomic E-state index is 0.190. The van der Waals surface area contributed by atoms with Crippen LogP contribution >= 0.6 is 0 Å². The van der Waals surface area contributed by atoms with Gasteiger partial charge in [-0.3, -0.25) is 4.79 Å². The number of hydrogen-bond acceptors (Lipinski definition) is 1. The molecule has 1 saturated carbocycles. The van der Waals surface area contributed by atoms with Crippen molar-refractivity contribution in [1.82, 2.24) is 4.90 Å². The highest BCUT2D eigenvalue weighted by Gasteiger charge is 2.51. The van der Waals surface area contributed by atoms with Gasteiger partial charge in [-0.25, -0.2) is 0 Å². The average molecular weight is 189 g/mol. The van der Waals surface area contributed by atoms with E-state index in [1.54, 1.807) is 4.90 Å². The molecule has 1 aliphatic carbocycles. The first-order valence-electron chi connectivity index (χ1n) is 4.94. The molecular formula is C12H15NO. The number of hydrogen-bond donors (Lipinski definition) is 0. The van der Waals surface area contributed by atoms with Crippen molar-refractivity contribution in [3.05, 3.63) is 35.9 Å². The first kappa shape index (κ1) is 9.25. The fourth-order valence-corrected chi connectivity index (χ4v) is 1.94. The van der Waals surface area contributed by atoms with Gasteiger partial charge in [-0.1, -0.05) is 30.3 Å². The van der Waals surface area contributed by atoms with Crippen molar-refractivity contribution in [2.45, 2.75) is 18.3 Å². The second-order valence-corrected chi connectivity index (χ2v) is 4.15. The van der Waals surface area contributed by atoms with Gasteiger partial charge in [0.2, 0.25) is 5.91 Å². The van der Waals surface area contributed by atoms with Gasteiger partial charge in [0.25, 0.3) is 0 Å². The maximum absolute atomic E-state index is 12.0. The molecule has 0 spiro atoms. The van der Waals surface area contributed by atoms with Crippen LogP contribution < -0.4 is 0 Å². The van der Waals surface area contributed by atoms with Crippen molar-refractivity contribution in [3.8, 4) is 0 Å². The van der Waals surface area contributed by atoms with E-state index in [0.29, 0.717) is 0 Å². The smallest absolute Gasteiger partial charge is 0.232 e. The van der Waals surface area contributed by atoms with Crippen molar-refractivity contribution in [2.75, 3.05) is 14.1 Å². The average Bonchev–Trinajstić information content (AvgIpc) is 2.99. The minimum Gasteiger partial charge on any atom is -0.348 e. The first-order chi connectivity index (χ1) is 6.67. The Bertz CT molecular complexity index is 339. The van der Waals surface area contributed by atoms with Crippen LogP contribution in [0.1, 0.15) is 18.4 Å². The van der Waals surface area contributed by atoms with E-state index in [2.05, 4.69) is 12.1 Å². The Morgan fingerprint density at radius 3 is 2.21 bits per heavy atom. The zero-order chi connectivity index (χ0) is 10.2. The number of amides is 1. The zero-order valence-corrected chi connectivity index (χ0v) is 8.66. The summed E-state index contributed by atoms with van der Waals surface area (Å²) in [6.07, 6.45) is 1.99. The maximum Gasteiger partial charge on any atom is 0.232 e. The van der Waals surface area contributed by atoms with Gasteiger partial charge in [0.15, 0.2) is 0 Å². The van der Waals surface area contributed by atoms with E-state index in [-0.39, 0.29) is 11.3 Å². The second kappa shape index (κ2) is 3.12. The number of rotatable bonds is 2. The predicted molar refractivity (Wildman–Crippen MR) is 56.0 cm³/mol. The number of likely N-dealkylation sites (N-methyl/N-ethyl adjacent to an activating group) is 1. The van der Waals surface area contributed by atoms with Crippen LogP contribution in [0.3, 0.4) is 0 Å². The fraction of sp³-hybridized carbons (Fsp3) is 0.417. The molecule has 74 valence electrons. The Labute approximate surface area is 84.5 Å². The molecule has 0 atom stereocenters. The van der Waals surface area contributed by atoms with Gasteiger partial charge in [-0.15, -0.1) is 0 Å². The van der Waals surface area contributed by atoms with Crippen molar-refractivity contribution < 1.29 is 4.79 Å². The molecule has 0 bridgehead atoms. The molecule has 0 unspecified atom stereocenters. The third-order valence-electron chi connectivity index (χ3n) is 2.89. The maximum atomic E-state index is 12.0. The molecule has 1 aromatic carbocycles. The van der Waals surface area contributed by atoms with E-state index in [1.807, 2.05) is 32.3 Å². The molecule has 1 aliphatic rings. The van der Waals surface area contributed by atoms with E-state index in [4.69, 9.17) is 0 Å². The van der Waals surface area contributed by atoms with Crippen LogP contribution in [-0.4, -0.2) is 24.9 Å². The van der Waals surface area contributed by atoms with Crippen molar-refractivity contribution in [2.24, 2.45) is 0 Å². The number of nitrogens with zero attached hydrogens (tertiary/aromatic N) is 1. The van der Waals surface area contributed by atoms with Crippen LogP contribution in [0.25, 0.3) is 0 Å². The van der Waals surface area contributed by atoms with Crippen LogP contribution in [0, 0.1) is 0 Å². The monoisotopic (exact) mass is 189 g/mol. The SMILES string of the molecule is CN(C)C(=O)C1(c2ccccc2)CC1. The third kappa shape index (κ3) is 1.31. The lowest BCUT2D eigenvalue weighted by Gasteiger charge is -2.19. The van der Waals surface area contributed by atoms with Gasteiger partial charge in [-0.2, -0.15) is 0 Å². The Morgan fingerprint density at radius 1 is 1.21 bits per heavy atom. The summed E-state index contributed by atoms with van der Waals surface area (Å²) in [5.74, 6) is 0.240. The van der Waals surface area contributed by atoms with Crippen molar-refractivity contribution in [1.29, 1.82) is 0 Å². The van der Waals surface area contributed by atoms with E-state index in [1.165, 1.54) is 5.56 Å². The van der Waals surface area contributed by atoms with Gasteiger partial charge < -0.3 is 4.90 Å². The summed E-state index contributed by atoms with van der Waals surface area (Å²) >= 11 is 0. The van der Waals surface area contributed by atoms with Gasteiger partial charge in [0.05, 0.1) is 5.41 Å². The van der Waals surface area contributed by atoms with Crippen LogP contribution in [0.15, 0.2) is 30.3 Å². The largest absolute Gasteiger partial charge is 0.348 e. The number of carbonyl (C=O) groups excluding carboxylic acids is 1. The highest BCUT2D eigenvalue weighted by atomic mass is 16.2. The van der Waals surface area contributed by atoms with Gasteiger partial charge in [-0.05, 0) is 18.4 Å². The molecule has 0 aliphatic heterocycles. The molecule has 14 heavy (non-hydrogen) atoms. The summed E-state index contributed by atoms with van der Waals surface area (Å²) in [7, 11) is 3.65. The lowest BCUT2D eigenvalue weighted by molar-refractivity contribution is -0.131. The van der Waals surface area contributed by atoms with Crippen LogP contribution in [0.5, 0.6) is 0 Å². The Kier molecular flexibility index (Phi) is 2.06. The highest BCUT2D eigenvalue weighted by Crippen LogP contribution is 2.49. The molecule has 0 saturated heterocycles. The predicted octanol–water partition coefficient (Wildman–Crippen LogP) is 1.81. The molecule has 2 nitrogen and oxygen atoms in total. The third-order valence-corrected chi connectivity index (χ3v) is 2.89. The summed E-state index contributed by atoms with van der Waals surface area (Å²) < 4.78 is 0. The Morgan fingerprint density at radius 2 is 1.79 bits per heavy atom. The molecule has 0 N–H and O–H groups in total. The molecule has 1 aromatic rings. The van der Waals surface area contributed by atoms with E-state index in [0.717, 1.165) is 12.8 Å². The summed E-state index contributed by atoms with van der Waals surface area (Å²) in [4.78, 5) is 13.6. The second-order valence-electron chi connectivity index (χ2n) is 4.15. The molecule has 1 fully saturated rings. The summed E-state index contributed by atoms with van der Waals surface area (Å²) in [5, 5.41) is 0. The first-order valence-corrected chi connectivity index (χ1v) is 4.94. The highest BCUT2D eigenvalue weighted by molar-refractivity contribution is 5.90. The molecule has 2 rings (SSSR count). The van der Waals surface area contributed by atoms with Gasteiger partial charge in [0, 0.05) is 14.1 Å². The van der Waals surface area contributed by atoms with E-state index >= 15 is 0 Å². The minimum atomic E-state index is -0.190.